The van der Waals surface area contributed by atoms with Crippen LogP contribution in [0.3, 0.4) is 0 Å². The minimum absolute atomic E-state index is 0.113. The largest absolute Gasteiger partial charge is 0.468 e. The van der Waals surface area contributed by atoms with Gasteiger partial charge in [0.15, 0.2) is 0 Å². The Morgan fingerprint density at radius 2 is 1.82 bits per heavy atom. The fourth-order valence-corrected chi connectivity index (χ4v) is 4.39. The molecule has 0 bridgehead atoms. The molecular formula is C25H26F2N4O3. The average molecular weight is 469 g/mol. The van der Waals surface area contributed by atoms with Crippen LogP contribution in [0.5, 0.6) is 0 Å². The van der Waals surface area contributed by atoms with Gasteiger partial charge in [0.1, 0.15) is 17.7 Å². The van der Waals surface area contributed by atoms with E-state index < -0.39 is 29.7 Å². The molecule has 2 atom stereocenters. The first-order chi connectivity index (χ1) is 16.3. The number of rotatable bonds is 6. The second-order valence-corrected chi connectivity index (χ2v) is 8.46. The van der Waals surface area contributed by atoms with Crippen molar-refractivity contribution in [2.24, 2.45) is 0 Å². The summed E-state index contributed by atoms with van der Waals surface area (Å²) in [6, 6.07) is 11.6. The Morgan fingerprint density at radius 3 is 2.47 bits per heavy atom. The van der Waals surface area contributed by atoms with Crippen LogP contribution in [0.2, 0.25) is 0 Å². The summed E-state index contributed by atoms with van der Waals surface area (Å²) in [5.41, 5.74) is 2.90. The maximum Gasteiger partial charge on any atom is 0.323 e. The molecule has 0 aliphatic carbocycles. The summed E-state index contributed by atoms with van der Waals surface area (Å²) in [5.74, 6) is -2.19. The Morgan fingerprint density at radius 1 is 1.12 bits per heavy atom. The zero-order valence-corrected chi connectivity index (χ0v) is 19.2. The summed E-state index contributed by atoms with van der Waals surface area (Å²) in [7, 11) is 1.26. The van der Waals surface area contributed by atoms with Crippen LogP contribution in [0.25, 0.3) is 5.69 Å². The molecular weight excluding hydrogens is 442 g/mol. The fourth-order valence-electron chi connectivity index (χ4n) is 4.39. The van der Waals surface area contributed by atoms with Gasteiger partial charge >= 0.3 is 5.97 Å². The number of methoxy groups -OCH3 is 1. The number of nitrogens with one attached hydrogen (secondary N) is 1. The Labute approximate surface area is 196 Å². The maximum absolute atomic E-state index is 14.2. The second kappa shape index (κ2) is 9.72. The number of esters is 1. The van der Waals surface area contributed by atoms with Gasteiger partial charge in [-0.1, -0.05) is 12.1 Å². The number of likely N-dealkylation sites (tertiary alicyclic amines) is 1. The van der Waals surface area contributed by atoms with Gasteiger partial charge in [-0.3, -0.25) is 14.5 Å². The van der Waals surface area contributed by atoms with Crippen LogP contribution in [-0.4, -0.2) is 52.3 Å². The SMILES string of the molecule is COC(=O)[C@@H]1C[C@H](NC(=O)c2cccc(-n3nc(C)cc3C)c2)CN1Cc1c(F)cccc1F. The molecule has 1 amide bonds. The average Bonchev–Trinajstić information content (AvgIpc) is 3.37. The second-order valence-electron chi connectivity index (χ2n) is 8.46. The smallest absolute Gasteiger partial charge is 0.323 e. The maximum atomic E-state index is 14.2. The van der Waals surface area contributed by atoms with Crippen molar-refractivity contribution < 1.29 is 23.1 Å². The van der Waals surface area contributed by atoms with E-state index >= 15 is 0 Å². The van der Waals surface area contributed by atoms with Crippen LogP contribution in [-0.2, 0) is 16.1 Å². The lowest BCUT2D eigenvalue weighted by Crippen LogP contribution is -2.38. The van der Waals surface area contributed by atoms with Crippen molar-refractivity contribution in [3.05, 3.63) is 82.7 Å². The van der Waals surface area contributed by atoms with Crippen molar-refractivity contribution in [3.63, 3.8) is 0 Å². The Bertz CT molecular complexity index is 1210. The summed E-state index contributed by atoms with van der Waals surface area (Å²) < 4.78 is 35.0. The fraction of sp³-hybridized carbons (Fsp3) is 0.320. The van der Waals surface area contributed by atoms with Gasteiger partial charge in [-0.2, -0.15) is 5.10 Å². The summed E-state index contributed by atoms with van der Waals surface area (Å²) in [4.78, 5) is 27.0. The zero-order chi connectivity index (χ0) is 24.4. The summed E-state index contributed by atoms with van der Waals surface area (Å²) >= 11 is 0. The standard InChI is InChI=1S/C25H26F2N4O3/c1-15-10-16(2)31(29-15)19-7-4-6-17(11-19)24(32)28-18-12-23(25(33)34-3)30(13-18)14-20-21(26)8-5-9-22(20)27/h4-11,18,23H,12-14H2,1-3H3,(H,28,32)/t18-,23-/m0/s1. The van der Waals surface area contributed by atoms with E-state index in [-0.39, 0.29) is 31.0 Å². The molecule has 1 fully saturated rings. The highest BCUT2D eigenvalue weighted by molar-refractivity contribution is 5.95. The van der Waals surface area contributed by atoms with E-state index in [1.54, 1.807) is 27.8 Å². The van der Waals surface area contributed by atoms with E-state index in [9.17, 15) is 18.4 Å². The number of nitrogens with zero attached hydrogens (tertiary/aromatic N) is 3. The number of halogens is 2. The van der Waals surface area contributed by atoms with E-state index in [1.165, 1.54) is 25.3 Å². The molecule has 178 valence electrons. The van der Waals surface area contributed by atoms with E-state index in [4.69, 9.17) is 4.74 Å². The third kappa shape index (κ3) is 4.84. The molecule has 9 heteroatoms. The van der Waals surface area contributed by atoms with Crippen LogP contribution in [0.1, 0.15) is 33.7 Å². The lowest BCUT2D eigenvalue weighted by atomic mass is 10.1. The van der Waals surface area contributed by atoms with E-state index in [0.717, 1.165) is 17.1 Å². The number of carbonyl (C=O) groups is 2. The van der Waals surface area contributed by atoms with Crippen LogP contribution in [0.15, 0.2) is 48.5 Å². The quantitative estimate of drug-likeness (QED) is 0.562. The number of amides is 1. The van der Waals surface area contributed by atoms with Gasteiger partial charge in [0.2, 0.25) is 0 Å². The van der Waals surface area contributed by atoms with E-state index in [1.807, 2.05) is 26.0 Å². The summed E-state index contributed by atoms with van der Waals surface area (Å²) in [5, 5.41) is 7.39. The highest BCUT2D eigenvalue weighted by Gasteiger charge is 2.39. The van der Waals surface area contributed by atoms with Gasteiger partial charge in [0.05, 0.1) is 18.5 Å². The molecule has 34 heavy (non-hydrogen) atoms. The first kappa shape index (κ1) is 23.6. The van der Waals surface area contributed by atoms with Gasteiger partial charge in [-0.25, -0.2) is 13.5 Å². The Hall–Kier alpha value is -3.59. The van der Waals surface area contributed by atoms with Crippen molar-refractivity contribution in [3.8, 4) is 5.69 Å². The summed E-state index contributed by atoms with van der Waals surface area (Å²) in [6.07, 6.45) is 0.269. The summed E-state index contributed by atoms with van der Waals surface area (Å²) in [6.45, 7) is 3.97. The predicted molar refractivity (Wildman–Crippen MR) is 121 cm³/mol. The monoisotopic (exact) mass is 468 g/mol. The van der Waals surface area contributed by atoms with Gasteiger partial charge in [0.25, 0.3) is 5.91 Å². The van der Waals surface area contributed by atoms with Crippen molar-refractivity contribution in [2.45, 2.75) is 38.9 Å². The molecule has 7 nitrogen and oxygen atoms in total. The van der Waals surface area contributed by atoms with Crippen LogP contribution < -0.4 is 5.32 Å². The number of benzene rings is 2. The molecule has 1 aromatic heterocycles. The molecule has 0 unspecified atom stereocenters. The van der Waals surface area contributed by atoms with Crippen molar-refractivity contribution >= 4 is 11.9 Å². The molecule has 1 aliphatic heterocycles. The third-order valence-corrected chi connectivity index (χ3v) is 6.00. The van der Waals surface area contributed by atoms with Crippen LogP contribution in [0, 0.1) is 25.5 Å². The van der Waals surface area contributed by atoms with Gasteiger partial charge in [-0.15, -0.1) is 0 Å². The first-order valence-electron chi connectivity index (χ1n) is 11.0. The third-order valence-electron chi connectivity index (χ3n) is 6.00. The molecule has 0 spiro atoms. The Balaban J connectivity index is 1.50. The van der Waals surface area contributed by atoms with Gasteiger partial charge in [0, 0.05) is 36.0 Å². The predicted octanol–water partition coefficient (Wildman–Crippen LogP) is 3.31. The number of aryl methyl sites for hydroxylation is 2. The lowest BCUT2D eigenvalue weighted by molar-refractivity contribution is -0.146. The van der Waals surface area contributed by atoms with Crippen molar-refractivity contribution in [2.75, 3.05) is 13.7 Å². The van der Waals surface area contributed by atoms with Gasteiger partial charge < -0.3 is 10.1 Å². The zero-order valence-electron chi connectivity index (χ0n) is 19.2. The molecule has 3 aromatic rings. The number of aromatic nitrogens is 2. The van der Waals surface area contributed by atoms with Crippen molar-refractivity contribution in [1.82, 2.24) is 20.0 Å². The highest BCUT2D eigenvalue weighted by atomic mass is 19.1. The lowest BCUT2D eigenvalue weighted by Gasteiger charge is -2.22. The minimum atomic E-state index is -0.727. The van der Waals surface area contributed by atoms with Gasteiger partial charge in [-0.05, 0) is 56.7 Å². The molecule has 4 rings (SSSR count). The normalized spacial score (nSPS) is 18.1. The molecule has 2 aromatic carbocycles. The number of hydrogen-bond donors (Lipinski definition) is 1. The molecule has 1 saturated heterocycles. The number of carbonyl (C=O) groups excluding carboxylic acids is 2. The van der Waals surface area contributed by atoms with E-state index in [2.05, 4.69) is 10.4 Å². The molecule has 1 N–H and O–H groups in total. The molecule has 1 aliphatic rings. The minimum Gasteiger partial charge on any atom is -0.468 e. The highest BCUT2D eigenvalue weighted by Crippen LogP contribution is 2.24. The van der Waals surface area contributed by atoms with Crippen LogP contribution >= 0.6 is 0 Å². The number of ether oxygens (including phenoxy) is 1. The van der Waals surface area contributed by atoms with Crippen LogP contribution in [0.4, 0.5) is 8.78 Å². The topological polar surface area (TPSA) is 76.5 Å². The first-order valence-corrected chi connectivity index (χ1v) is 11.0. The Kier molecular flexibility index (Phi) is 6.74. The molecule has 0 radical (unpaired) electrons. The molecule has 2 heterocycles. The molecule has 0 saturated carbocycles. The van der Waals surface area contributed by atoms with Crippen molar-refractivity contribution in [1.29, 1.82) is 0 Å². The van der Waals surface area contributed by atoms with E-state index in [0.29, 0.717) is 5.56 Å². The number of hydrogen-bond acceptors (Lipinski definition) is 5.